The van der Waals surface area contributed by atoms with Crippen LogP contribution in [0.4, 0.5) is 24.9 Å². The van der Waals surface area contributed by atoms with Crippen LogP contribution in [0.25, 0.3) is 16.8 Å². The number of carboxylic acid groups (broad SMARTS) is 1. The van der Waals surface area contributed by atoms with E-state index in [4.69, 9.17) is 15.2 Å². The van der Waals surface area contributed by atoms with Crippen LogP contribution < -0.4 is 20.7 Å². The average Bonchev–Trinajstić information content (AvgIpc) is 3.70. The number of nitrogen functional groups attached to an aromatic ring is 1. The molecule has 2 aromatic carbocycles. The van der Waals surface area contributed by atoms with Crippen LogP contribution in [0.2, 0.25) is 0 Å². The molecular weight excluding hydrogens is 667 g/mol. The summed E-state index contributed by atoms with van der Waals surface area (Å²) in [6.07, 6.45) is -3.20. The monoisotopic (exact) mass is 707 g/mol. The van der Waals surface area contributed by atoms with Gasteiger partial charge in [0.15, 0.2) is 0 Å². The maximum absolute atomic E-state index is 15.0. The third kappa shape index (κ3) is 7.34. The molecule has 0 radical (unpaired) electrons. The topological polar surface area (TPSA) is 158 Å². The van der Waals surface area contributed by atoms with E-state index in [-0.39, 0.29) is 46.7 Å². The summed E-state index contributed by atoms with van der Waals surface area (Å²) < 4.78 is 57.2. The molecule has 0 bridgehead atoms. The Morgan fingerprint density at radius 1 is 1.10 bits per heavy atom. The van der Waals surface area contributed by atoms with Crippen molar-refractivity contribution in [3.8, 4) is 22.7 Å². The highest BCUT2D eigenvalue weighted by molar-refractivity contribution is 5.97. The van der Waals surface area contributed by atoms with E-state index in [0.29, 0.717) is 55.0 Å². The van der Waals surface area contributed by atoms with Crippen molar-refractivity contribution < 1.29 is 37.3 Å². The zero-order valence-electron chi connectivity index (χ0n) is 28.5. The number of benzene rings is 2. The first-order valence-electron chi connectivity index (χ1n) is 16.9. The molecule has 270 valence electrons. The second kappa shape index (κ2) is 14.2. The molecule has 2 unspecified atom stereocenters. The third-order valence-corrected chi connectivity index (χ3v) is 9.80. The van der Waals surface area contributed by atoms with Gasteiger partial charge < -0.3 is 30.5 Å². The maximum atomic E-state index is 15.0. The molecule has 0 saturated carbocycles. The molecule has 2 aliphatic heterocycles. The Morgan fingerprint density at radius 3 is 2.49 bits per heavy atom. The van der Waals surface area contributed by atoms with Gasteiger partial charge in [-0.25, -0.2) is 9.48 Å². The Hall–Kier alpha value is -5.18. The number of halogens is 3. The number of carboxylic acids is 1. The van der Waals surface area contributed by atoms with E-state index in [9.17, 15) is 14.7 Å². The second-order valence-corrected chi connectivity index (χ2v) is 13.0. The van der Waals surface area contributed by atoms with Crippen LogP contribution in [-0.2, 0) is 9.53 Å². The van der Waals surface area contributed by atoms with Crippen LogP contribution in [0.15, 0.2) is 60.8 Å². The number of rotatable bonds is 10. The van der Waals surface area contributed by atoms with Crippen LogP contribution in [0.1, 0.15) is 67.3 Å². The van der Waals surface area contributed by atoms with E-state index in [1.807, 2.05) is 11.8 Å². The number of nitrogens with two attached hydrogens (primary N) is 1. The van der Waals surface area contributed by atoms with Crippen LogP contribution >= 0.6 is 0 Å². The van der Waals surface area contributed by atoms with E-state index in [1.165, 1.54) is 28.9 Å². The summed E-state index contributed by atoms with van der Waals surface area (Å²) in [4.78, 5) is 34.7. The molecule has 12 nitrogen and oxygen atoms in total. The SMILES string of the molecule is CCOC(=O)c1ccccc1-c1ccc([C@@H](Oc2cc(N3CCC4(CC3)CC(C(=O)O)NC4CC)nc(N)n2)C(F)(F)F)c(-n2ccc(C)n2)c1. The van der Waals surface area contributed by atoms with E-state index >= 15 is 13.2 Å². The molecule has 2 saturated heterocycles. The van der Waals surface area contributed by atoms with Gasteiger partial charge in [0.05, 0.1) is 23.6 Å². The zero-order chi connectivity index (χ0) is 36.5. The van der Waals surface area contributed by atoms with Crippen molar-refractivity contribution in [3.05, 3.63) is 77.6 Å². The Morgan fingerprint density at radius 2 is 1.84 bits per heavy atom. The van der Waals surface area contributed by atoms with Gasteiger partial charge in [0, 0.05) is 37.0 Å². The molecule has 51 heavy (non-hydrogen) atoms. The molecule has 15 heteroatoms. The van der Waals surface area contributed by atoms with E-state index in [0.717, 1.165) is 6.42 Å². The molecule has 4 heterocycles. The van der Waals surface area contributed by atoms with Gasteiger partial charge >= 0.3 is 18.1 Å². The number of alkyl halides is 3. The number of carbonyl (C=O) groups is 2. The Bertz CT molecular complexity index is 1910. The highest BCUT2D eigenvalue weighted by Gasteiger charge is 2.50. The van der Waals surface area contributed by atoms with Gasteiger partial charge in [-0.3, -0.25) is 4.79 Å². The van der Waals surface area contributed by atoms with Gasteiger partial charge in [0.25, 0.3) is 0 Å². The smallest absolute Gasteiger partial charge is 0.429 e. The Kier molecular flexibility index (Phi) is 9.93. The third-order valence-electron chi connectivity index (χ3n) is 9.80. The number of piperidine rings is 1. The fourth-order valence-corrected chi connectivity index (χ4v) is 7.35. The average molecular weight is 708 g/mol. The molecule has 4 aromatic rings. The number of hydrogen-bond donors (Lipinski definition) is 3. The van der Waals surface area contributed by atoms with Crippen LogP contribution in [0.3, 0.4) is 0 Å². The second-order valence-electron chi connectivity index (χ2n) is 13.0. The summed E-state index contributed by atoms with van der Waals surface area (Å²) >= 11 is 0. The van der Waals surface area contributed by atoms with Crippen LogP contribution in [-0.4, -0.2) is 74.7 Å². The molecular formula is C36H40F3N7O5. The number of nitrogens with one attached hydrogen (secondary N) is 1. The predicted molar refractivity (Wildman–Crippen MR) is 183 cm³/mol. The van der Waals surface area contributed by atoms with Crippen molar-refractivity contribution in [2.75, 3.05) is 30.3 Å². The quantitative estimate of drug-likeness (QED) is 0.169. The largest absolute Gasteiger partial charge is 0.480 e. The van der Waals surface area contributed by atoms with Gasteiger partial charge in [-0.05, 0) is 74.3 Å². The standard InChI is InChI=1S/C36H40F3N7O5/c1-4-28-35(20-26(41-28)32(47)48)13-16-45(17-14-35)29-19-30(43-34(40)42-29)51-31(36(37,38)39)25-11-10-22(18-27(25)46-15-12-21(3)44-46)23-8-6-7-9-24(23)33(49)50-5-2/h6-12,15,18-19,26,28,31,41H,4-5,13-14,16-17,20H2,1-3H3,(H,47,48)(H2,40,42,43)/t26?,28?,31-/m1/s1. The summed E-state index contributed by atoms with van der Waals surface area (Å²) in [7, 11) is 0. The normalized spacial score (nSPS) is 19.2. The first-order valence-corrected chi connectivity index (χ1v) is 16.9. The molecule has 0 amide bonds. The lowest BCUT2D eigenvalue weighted by molar-refractivity contribution is -0.198. The lowest BCUT2D eigenvalue weighted by atomic mass is 9.71. The lowest BCUT2D eigenvalue weighted by Crippen LogP contribution is -2.46. The molecule has 6 rings (SSSR count). The summed E-state index contributed by atoms with van der Waals surface area (Å²) in [5.74, 6) is -1.73. The first-order chi connectivity index (χ1) is 24.3. The van der Waals surface area contributed by atoms with E-state index < -0.39 is 30.3 Å². The Balaban J connectivity index is 1.33. The number of aromatic nitrogens is 4. The van der Waals surface area contributed by atoms with E-state index in [2.05, 4.69) is 20.4 Å². The van der Waals surface area contributed by atoms with Gasteiger partial charge in [-0.15, -0.1) is 0 Å². The number of aryl methyl sites for hydroxylation is 1. The summed E-state index contributed by atoms with van der Waals surface area (Å²) in [6, 6.07) is 13.5. The molecule has 2 fully saturated rings. The summed E-state index contributed by atoms with van der Waals surface area (Å²) in [5, 5.41) is 17.3. The fourth-order valence-electron chi connectivity index (χ4n) is 7.35. The highest BCUT2D eigenvalue weighted by Crippen LogP contribution is 2.46. The van der Waals surface area contributed by atoms with Gasteiger partial charge in [-0.2, -0.15) is 28.2 Å². The van der Waals surface area contributed by atoms with Gasteiger partial charge in [-0.1, -0.05) is 37.3 Å². The minimum Gasteiger partial charge on any atom is -0.480 e. The summed E-state index contributed by atoms with van der Waals surface area (Å²) in [6.45, 7) is 6.59. The summed E-state index contributed by atoms with van der Waals surface area (Å²) in [5.41, 5.74) is 7.46. The molecule has 0 aliphatic carbocycles. The highest BCUT2D eigenvalue weighted by atomic mass is 19.4. The van der Waals surface area contributed by atoms with Crippen molar-refractivity contribution in [1.29, 1.82) is 0 Å². The first kappa shape index (κ1) is 35.6. The van der Waals surface area contributed by atoms with Crippen LogP contribution in [0.5, 0.6) is 5.88 Å². The Labute approximate surface area is 292 Å². The minimum absolute atomic E-state index is 0.0421. The van der Waals surface area contributed by atoms with Gasteiger partial charge in [0.2, 0.25) is 17.9 Å². The molecule has 3 atom stereocenters. The predicted octanol–water partition coefficient (Wildman–Crippen LogP) is 5.89. The number of carbonyl (C=O) groups excluding carboxylic acids is 1. The van der Waals surface area contributed by atoms with Crippen molar-refractivity contribution in [1.82, 2.24) is 25.1 Å². The molecule has 2 aliphatic rings. The van der Waals surface area contributed by atoms with Crippen LogP contribution in [0, 0.1) is 12.3 Å². The van der Waals surface area contributed by atoms with E-state index in [1.54, 1.807) is 50.4 Å². The number of anilines is 2. The van der Waals surface area contributed by atoms with Crippen molar-refractivity contribution in [2.24, 2.45) is 5.41 Å². The maximum Gasteiger partial charge on any atom is 0.429 e. The number of aliphatic carboxylic acids is 1. The lowest BCUT2D eigenvalue weighted by Gasteiger charge is -2.43. The fraction of sp³-hybridized carbons (Fsp3) is 0.417. The number of nitrogens with zero attached hydrogens (tertiary/aromatic N) is 5. The molecule has 4 N–H and O–H groups in total. The number of ether oxygens (including phenoxy) is 2. The van der Waals surface area contributed by atoms with Crippen molar-refractivity contribution >= 4 is 23.7 Å². The minimum atomic E-state index is -4.90. The van der Waals surface area contributed by atoms with Crippen molar-refractivity contribution in [3.63, 3.8) is 0 Å². The number of hydrogen-bond acceptors (Lipinski definition) is 10. The number of esters is 1. The van der Waals surface area contributed by atoms with Gasteiger partial charge in [0.1, 0.15) is 11.9 Å². The molecule has 2 aromatic heterocycles. The van der Waals surface area contributed by atoms with Crippen molar-refractivity contribution in [2.45, 2.75) is 70.8 Å². The zero-order valence-corrected chi connectivity index (χ0v) is 28.5. The molecule has 1 spiro atoms.